The van der Waals surface area contributed by atoms with E-state index in [2.05, 4.69) is 20.8 Å². The molecule has 0 bridgehead atoms. The predicted octanol–water partition coefficient (Wildman–Crippen LogP) is 2.36. The molecule has 1 N–H and O–H groups in total. The van der Waals surface area contributed by atoms with Gasteiger partial charge in [0.15, 0.2) is 0 Å². The molecule has 24 heavy (non-hydrogen) atoms. The number of furan rings is 1. The minimum atomic E-state index is -0.237. The highest BCUT2D eigenvalue weighted by molar-refractivity contribution is 8.00. The van der Waals surface area contributed by atoms with Gasteiger partial charge in [-0.1, -0.05) is 30.0 Å². The SMILES string of the molecule is O=C1Nc2ccccc2CC[C@H]1Sc1nnnn1Cc1ccco1. The van der Waals surface area contributed by atoms with Crippen molar-refractivity contribution >= 4 is 23.4 Å². The molecule has 0 saturated carbocycles. The van der Waals surface area contributed by atoms with Gasteiger partial charge in [0.2, 0.25) is 11.1 Å². The molecule has 3 heterocycles. The van der Waals surface area contributed by atoms with Crippen LogP contribution in [0.25, 0.3) is 0 Å². The molecule has 4 rings (SSSR count). The van der Waals surface area contributed by atoms with Crippen LogP contribution in [0.15, 0.2) is 52.2 Å². The van der Waals surface area contributed by atoms with Crippen LogP contribution < -0.4 is 5.32 Å². The Morgan fingerprint density at radius 3 is 3.08 bits per heavy atom. The van der Waals surface area contributed by atoms with E-state index in [4.69, 9.17) is 4.42 Å². The number of nitrogens with zero attached hydrogens (tertiary/aromatic N) is 4. The van der Waals surface area contributed by atoms with E-state index < -0.39 is 0 Å². The van der Waals surface area contributed by atoms with Crippen LogP contribution in [0.4, 0.5) is 5.69 Å². The monoisotopic (exact) mass is 341 g/mol. The number of para-hydroxylation sites is 1. The lowest BCUT2D eigenvalue weighted by Gasteiger charge is -2.11. The number of tetrazole rings is 1. The highest BCUT2D eigenvalue weighted by Crippen LogP contribution is 2.30. The summed E-state index contributed by atoms with van der Waals surface area (Å²) < 4.78 is 6.98. The third-order valence-electron chi connectivity index (χ3n) is 3.88. The van der Waals surface area contributed by atoms with Crippen molar-refractivity contribution in [1.29, 1.82) is 0 Å². The Balaban J connectivity index is 1.50. The van der Waals surface area contributed by atoms with Crippen molar-refractivity contribution in [3.63, 3.8) is 0 Å². The van der Waals surface area contributed by atoms with Crippen molar-refractivity contribution in [1.82, 2.24) is 20.2 Å². The molecule has 122 valence electrons. The Bertz CT molecular complexity index is 846. The minimum Gasteiger partial charge on any atom is -0.467 e. The van der Waals surface area contributed by atoms with Crippen molar-refractivity contribution in [2.75, 3.05) is 5.32 Å². The highest BCUT2D eigenvalue weighted by atomic mass is 32.2. The molecule has 1 aliphatic rings. The molecule has 0 saturated heterocycles. The van der Waals surface area contributed by atoms with E-state index in [9.17, 15) is 4.79 Å². The van der Waals surface area contributed by atoms with Crippen molar-refractivity contribution in [2.45, 2.75) is 29.8 Å². The largest absolute Gasteiger partial charge is 0.467 e. The summed E-state index contributed by atoms with van der Waals surface area (Å²) in [7, 11) is 0. The smallest absolute Gasteiger partial charge is 0.237 e. The van der Waals surface area contributed by atoms with Gasteiger partial charge in [-0.15, -0.1) is 5.10 Å². The zero-order valence-corrected chi connectivity index (χ0v) is 13.6. The third-order valence-corrected chi connectivity index (χ3v) is 5.11. The maximum atomic E-state index is 12.5. The quantitative estimate of drug-likeness (QED) is 0.784. The second kappa shape index (κ2) is 6.48. The third kappa shape index (κ3) is 3.05. The first-order chi connectivity index (χ1) is 11.8. The Morgan fingerprint density at radius 2 is 2.21 bits per heavy atom. The zero-order chi connectivity index (χ0) is 16.4. The van der Waals surface area contributed by atoms with E-state index in [1.807, 2.05) is 36.4 Å². The Labute approximate surface area is 142 Å². The summed E-state index contributed by atoms with van der Waals surface area (Å²) in [4.78, 5) is 12.5. The number of hydrogen-bond acceptors (Lipinski definition) is 6. The number of aryl methyl sites for hydroxylation is 1. The molecule has 7 nitrogen and oxygen atoms in total. The second-order valence-corrected chi connectivity index (χ2v) is 6.66. The maximum absolute atomic E-state index is 12.5. The van der Waals surface area contributed by atoms with Gasteiger partial charge in [-0.3, -0.25) is 4.79 Å². The molecule has 0 fully saturated rings. The summed E-state index contributed by atoms with van der Waals surface area (Å²) in [6.45, 7) is 0.441. The molecule has 0 unspecified atom stereocenters. The molecule has 0 spiro atoms. The average molecular weight is 341 g/mol. The van der Waals surface area contributed by atoms with Gasteiger partial charge in [0.1, 0.15) is 12.3 Å². The molecular formula is C16H15N5O2S. The first-order valence-electron chi connectivity index (χ1n) is 7.63. The molecule has 1 amide bonds. The van der Waals surface area contributed by atoms with Crippen LogP contribution in [-0.4, -0.2) is 31.4 Å². The van der Waals surface area contributed by atoms with E-state index >= 15 is 0 Å². The first kappa shape index (κ1) is 14.9. The minimum absolute atomic E-state index is 0.0162. The number of thioether (sulfide) groups is 1. The van der Waals surface area contributed by atoms with Gasteiger partial charge >= 0.3 is 0 Å². The van der Waals surface area contributed by atoms with E-state index in [0.29, 0.717) is 11.7 Å². The number of anilines is 1. The van der Waals surface area contributed by atoms with Crippen molar-refractivity contribution in [2.24, 2.45) is 0 Å². The fourth-order valence-electron chi connectivity index (χ4n) is 2.66. The lowest BCUT2D eigenvalue weighted by Crippen LogP contribution is -2.24. The molecule has 1 aliphatic heterocycles. The number of aromatic nitrogens is 4. The normalized spacial score (nSPS) is 17.2. The van der Waals surface area contributed by atoms with Crippen LogP contribution >= 0.6 is 11.8 Å². The molecule has 3 aromatic rings. The zero-order valence-electron chi connectivity index (χ0n) is 12.8. The predicted molar refractivity (Wildman–Crippen MR) is 88.7 cm³/mol. The number of carbonyl (C=O) groups is 1. The summed E-state index contributed by atoms with van der Waals surface area (Å²) in [5, 5.41) is 15.1. The van der Waals surface area contributed by atoms with E-state index in [-0.39, 0.29) is 11.2 Å². The topological polar surface area (TPSA) is 85.8 Å². The van der Waals surface area contributed by atoms with Crippen molar-refractivity contribution in [3.05, 3.63) is 54.0 Å². The number of fused-ring (bicyclic) bond motifs is 1. The van der Waals surface area contributed by atoms with E-state index in [1.165, 1.54) is 11.8 Å². The standard InChI is InChI=1S/C16H15N5O2S/c22-15-14(8-7-11-4-1-2-6-13(11)17-15)24-16-18-19-20-21(16)10-12-5-3-9-23-12/h1-6,9,14H,7-8,10H2,(H,17,22)/t14-/m1/s1. The van der Waals surface area contributed by atoms with E-state index in [0.717, 1.165) is 29.9 Å². The summed E-state index contributed by atoms with van der Waals surface area (Å²) >= 11 is 1.38. The molecule has 1 aromatic carbocycles. The number of nitrogens with one attached hydrogen (secondary N) is 1. The summed E-state index contributed by atoms with van der Waals surface area (Å²) in [5.41, 5.74) is 2.05. The van der Waals surface area contributed by atoms with Crippen LogP contribution in [-0.2, 0) is 17.8 Å². The van der Waals surface area contributed by atoms with Crippen LogP contribution in [0.1, 0.15) is 17.7 Å². The van der Waals surface area contributed by atoms with Gasteiger partial charge in [0, 0.05) is 5.69 Å². The number of carbonyl (C=O) groups excluding carboxylic acids is 1. The van der Waals surface area contributed by atoms with Crippen LogP contribution in [0.5, 0.6) is 0 Å². The molecular weight excluding hydrogens is 326 g/mol. The summed E-state index contributed by atoms with van der Waals surface area (Å²) in [5.74, 6) is 0.749. The van der Waals surface area contributed by atoms with Gasteiger partial charge in [0.05, 0.1) is 11.5 Å². The molecule has 0 aliphatic carbocycles. The van der Waals surface area contributed by atoms with Crippen LogP contribution in [0.2, 0.25) is 0 Å². The Morgan fingerprint density at radius 1 is 1.29 bits per heavy atom. The van der Waals surface area contributed by atoms with E-state index in [1.54, 1.807) is 10.9 Å². The van der Waals surface area contributed by atoms with Gasteiger partial charge < -0.3 is 9.73 Å². The Hall–Kier alpha value is -2.61. The van der Waals surface area contributed by atoms with Gasteiger partial charge in [-0.05, 0) is 47.0 Å². The van der Waals surface area contributed by atoms with Crippen molar-refractivity contribution in [3.8, 4) is 0 Å². The lowest BCUT2D eigenvalue weighted by atomic mass is 10.1. The second-order valence-electron chi connectivity index (χ2n) is 5.49. The number of benzene rings is 1. The fraction of sp³-hybridized carbons (Fsp3) is 0.250. The van der Waals surface area contributed by atoms with Gasteiger partial charge in [-0.25, -0.2) is 4.68 Å². The first-order valence-corrected chi connectivity index (χ1v) is 8.51. The fourth-order valence-corrected chi connectivity index (χ4v) is 3.62. The Kier molecular flexibility index (Phi) is 4.04. The molecule has 1 atom stereocenters. The number of hydrogen-bond donors (Lipinski definition) is 1. The van der Waals surface area contributed by atoms with Crippen LogP contribution in [0.3, 0.4) is 0 Å². The number of rotatable bonds is 4. The van der Waals surface area contributed by atoms with Crippen LogP contribution in [0, 0.1) is 0 Å². The lowest BCUT2D eigenvalue weighted by molar-refractivity contribution is -0.115. The highest BCUT2D eigenvalue weighted by Gasteiger charge is 2.26. The molecule has 0 radical (unpaired) electrons. The molecule has 2 aromatic heterocycles. The van der Waals surface area contributed by atoms with Crippen molar-refractivity contribution < 1.29 is 9.21 Å². The summed E-state index contributed by atoms with van der Waals surface area (Å²) in [6.07, 6.45) is 3.19. The maximum Gasteiger partial charge on any atom is 0.237 e. The summed E-state index contributed by atoms with van der Waals surface area (Å²) in [6, 6.07) is 11.6. The number of amides is 1. The van der Waals surface area contributed by atoms with Gasteiger partial charge in [0.25, 0.3) is 0 Å². The molecule has 8 heteroatoms. The average Bonchev–Trinajstić information content (AvgIpc) is 3.22. The van der Waals surface area contributed by atoms with Gasteiger partial charge in [-0.2, -0.15) is 0 Å².